The van der Waals surface area contributed by atoms with Gasteiger partial charge in [-0.05, 0) is 120 Å². The number of nitrogens with one attached hydrogen (secondary N) is 1. The molecule has 6 aromatic carbocycles. The van der Waals surface area contributed by atoms with Gasteiger partial charge in [-0.2, -0.15) is 0 Å². The van der Waals surface area contributed by atoms with E-state index in [-0.39, 0.29) is 34.9 Å². The summed E-state index contributed by atoms with van der Waals surface area (Å²) < 4.78 is 60.6. The first-order valence-electron chi connectivity index (χ1n) is 28.7. The Kier molecular flexibility index (Phi) is 21.8. The number of halogens is 1. The van der Waals surface area contributed by atoms with E-state index < -0.39 is 14.1 Å². The maximum absolute atomic E-state index is 15.0. The summed E-state index contributed by atoms with van der Waals surface area (Å²) in [7, 11) is -2.59. The number of ether oxygens (including phenoxy) is 6. The van der Waals surface area contributed by atoms with Gasteiger partial charge >= 0.3 is 0 Å². The summed E-state index contributed by atoms with van der Waals surface area (Å²) in [6.45, 7) is 20.3. The number of benzene rings is 6. The fourth-order valence-corrected chi connectivity index (χ4v) is 15.7. The van der Waals surface area contributed by atoms with Gasteiger partial charge in [-0.1, -0.05) is 168 Å². The molecule has 1 aromatic heterocycles. The second kappa shape index (κ2) is 29.1. The summed E-state index contributed by atoms with van der Waals surface area (Å²) in [5.41, 5.74) is 7.89. The van der Waals surface area contributed by atoms with Crippen LogP contribution in [0, 0.1) is 5.82 Å². The van der Waals surface area contributed by atoms with Crippen LogP contribution in [-0.2, 0) is 52.4 Å². The van der Waals surface area contributed by atoms with Crippen LogP contribution in [0.1, 0.15) is 107 Å². The Bertz CT molecular complexity index is 2910. The van der Waals surface area contributed by atoms with Crippen LogP contribution in [0.3, 0.4) is 0 Å². The fourth-order valence-electron chi connectivity index (χ4n) is 11.2. The second-order valence-corrected chi connectivity index (χ2v) is 26.8. The highest BCUT2D eigenvalue weighted by atomic mass is 28.4. The maximum Gasteiger partial charge on any atom is 0.261 e. The van der Waals surface area contributed by atoms with Crippen molar-refractivity contribution < 1.29 is 42.0 Å². The average molecular weight is 1100 g/mol. The van der Waals surface area contributed by atoms with E-state index in [1.807, 2.05) is 86.6 Å². The first-order chi connectivity index (χ1) is 38.7. The molecule has 1 N–H and O–H groups in total. The highest BCUT2D eigenvalue weighted by Crippen LogP contribution is 2.43. The number of hydrogen-bond acceptors (Lipinski definition) is 8. The third kappa shape index (κ3) is 16.1. The van der Waals surface area contributed by atoms with Crippen molar-refractivity contribution in [2.75, 3.05) is 58.2 Å². The monoisotopic (exact) mass is 1100 g/mol. The Morgan fingerprint density at radius 1 is 0.637 bits per heavy atom. The number of aryl methyl sites for hydroxylation is 1. The summed E-state index contributed by atoms with van der Waals surface area (Å²) in [5, 5.41) is 5.70. The highest BCUT2D eigenvalue weighted by molar-refractivity contribution is 6.99. The van der Waals surface area contributed by atoms with Crippen molar-refractivity contribution in [3.05, 3.63) is 198 Å². The largest absolute Gasteiger partial charge is 0.405 e. The molecule has 12 heteroatoms. The van der Waals surface area contributed by atoms with Gasteiger partial charge < -0.3 is 42.7 Å². The Morgan fingerprint density at radius 2 is 1.18 bits per heavy atom. The van der Waals surface area contributed by atoms with Gasteiger partial charge in [0.25, 0.3) is 14.2 Å². The molecule has 1 fully saturated rings. The zero-order valence-corrected chi connectivity index (χ0v) is 49.1. The van der Waals surface area contributed by atoms with E-state index in [0.717, 1.165) is 58.5 Å². The van der Waals surface area contributed by atoms with E-state index in [4.69, 9.17) is 32.8 Å². The number of amides is 1. The van der Waals surface area contributed by atoms with E-state index in [2.05, 4.69) is 129 Å². The van der Waals surface area contributed by atoms with Gasteiger partial charge in [0.05, 0.1) is 69.7 Å². The van der Waals surface area contributed by atoms with E-state index in [1.165, 1.54) is 22.5 Å². The predicted molar refractivity (Wildman–Crippen MR) is 322 cm³/mol. The topological polar surface area (TPSA) is 98.6 Å². The molecule has 0 aliphatic carbocycles. The predicted octanol–water partition coefficient (Wildman–Crippen LogP) is 13.8. The van der Waals surface area contributed by atoms with Gasteiger partial charge in [-0.25, -0.2) is 4.39 Å². The van der Waals surface area contributed by atoms with Crippen molar-refractivity contribution in [2.45, 2.75) is 123 Å². The number of hydrogen-bond donors (Lipinski definition) is 1. The molecule has 8 rings (SSSR count). The minimum Gasteiger partial charge on any atom is -0.405 e. The molecule has 2 heterocycles. The Hall–Kier alpha value is -6.06. The van der Waals surface area contributed by atoms with Crippen LogP contribution < -0.4 is 15.7 Å². The summed E-state index contributed by atoms with van der Waals surface area (Å²) in [4.78, 5) is 15.0. The van der Waals surface area contributed by atoms with Gasteiger partial charge in [-0.3, -0.25) is 4.79 Å². The molecule has 10 nitrogen and oxygen atoms in total. The molecule has 0 spiro atoms. The molecule has 0 radical (unpaired) electrons. The minimum atomic E-state index is -2.59. The van der Waals surface area contributed by atoms with E-state index in [9.17, 15) is 9.18 Å². The molecule has 0 saturated carbocycles. The first kappa shape index (κ1) is 60.0. The van der Waals surface area contributed by atoms with Gasteiger partial charge in [0.15, 0.2) is 5.79 Å². The molecular weight excluding hydrogens is 1020 g/mol. The molecule has 2 atom stereocenters. The number of carbonyl (C=O) groups is 1. The SMILES string of the molecule is CC(C)c1c(C(=O)Nc2ccc(CCCOCCOCCOCCO[Si](c3ccccc3)(c3ccccc3)C(C)(C)C)cc2)c(-c2ccccc2)c(-c2ccc(F)cc2)n1CC[C@@H]1C[C@H](CCOCc2ccccc2)OC(C)(C)O1. The number of nitrogens with zero attached hydrogens (tertiary/aromatic N) is 1. The molecule has 1 amide bonds. The van der Waals surface area contributed by atoms with Crippen LogP contribution in [0.25, 0.3) is 22.4 Å². The smallest absolute Gasteiger partial charge is 0.261 e. The average Bonchev–Trinajstić information content (AvgIpc) is 3.81. The molecule has 80 heavy (non-hydrogen) atoms. The Balaban J connectivity index is 0.839. The molecular formula is C68H83FN2O8Si. The molecule has 0 bridgehead atoms. The minimum absolute atomic E-state index is 0.0440. The Morgan fingerprint density at radius 3 is 1.75 bits per heavy atom. The molecule has 1 saturated heterocycles. The van der Waals surface area contributed by atoms with Crippen molar-refractivity contribution in [1.29, 1.82) is 0 Å². The third-order valence-corrected chi connectivity index (χ3v) is 19.8. The van der Waals surface area contributed by atoms with Gasteiger partial charge in [0, 0.05) is 43.1 Å². The van der Waals surface area contributed by atoms with Gasteiger partial charge in [0.2, 0.25) is 0 Å². The lowest BCUT2D eigenvalue weighted by molar-refractivity contribution is -0.302. The number of aromatic nitrogens is 1. The van der Waals surface area contributed by atoms with Crippen molar-refractivity contribution in [1.82, 2.24) is 4.57 Å². The van der Waals surface area contributed by atoms with Crippen LogP contribution in [0.4, 0.5) is 10.1 Å². The molecule has 7 aromatic rings. The van der Waals surface area contributed by atoms with E-state index in [0.29, 0.717) is 90.1 Å². The highest BCUT2D eigenvalue weighted by Gasteiger charge is 2.50. The van der Waals surface area contributed by atoms with Crippen molar-refractivity contribution in [2.24, 2.45) is 0 Å². The lowest BCUT2D eigenvalue weighted by Crippen LogP contribution is -2.66. The van der Waals surface area contributed by atoms with Crippen LogP contribution in [0.5, 0.6) is 0 Å². The lowest BCUT2D eigenvalue weighted by Gasteiger charge is -2.43. The van der Waals surface area contributed by atoms with Crippen LogP contribution >= 0.6 is 0 Å². The van der Waals surface area contributed by atoms with Crippen LogP contribution in [-0.4, -0.2) is 89.6 Å². The number of anilines is 1. The van der Waals surface area contributed by atoms with Gasteiger partial charge in [-0.15, -0.1) is 0 Å². The number of rotatable bonds is 29. The zero-order chi connectivity index (χ0) is 56.4. The second-order valence-electron chi connectivity index (χ2n) is 22.5. The van der Waals surface area contributed by atoms with Crippen molar-refractivity contribution >= 4 is 30.3 Å². The summed E-state index contributed by atoms with van der Waals surface area (Å²) in [6.07, 6.45) is 3.64. The van der Waals surface area contributed by atoms with E-state index >= 15 is 0 Å². The summed E-state index contributed by atoms with van der Waals surface area (Å²) in [6, 6.07) is 56.2. The normalized spacial score (nSPS) is 15.6. The fraction of sp³-hybridized carbons (Fsp3) is 0.397. The van der Waals surface area contributed by atoms with Crippen molar-refractivity contribution in [3.63, 3.8) is 0 Å². The third-order valence-electron chi connectivity index (χ3n) is 14.7. The zero-order valence-electron chi connectivity index (χ0n) is 48.1. The quantitative estimate of drug-likeness (QED) is 0.0366. The van der Waals surface area contributed by atoms with Crippen LogP contribution in [0.2, 0.25) is 5.04 Å². The van der Waals surface area contributed by atoms with Gasteiger partial charge in [0.1, 0.15) is 5.82 Å². The Labute approximate surface area is 476 Å². The molecule has 1 aliphatic heterocycles. The molecule has 1 aliphatic rings. The van der Waals surface area contributed by atoms with Crippen molar-refractivity contribution in [3.8, 4) is 22.4 Å². The first-order valence-corrected chi connectivity index (χ1v) is 30.6. The lowest BCUT2D eigenvalue weighted by atomic mass is 9.94. The maximum atomic E-state index is 15.0. The van der Waals surface area contributed by atoms with Crippen LogP contribution in [0.15, 0.2) is 170 Å². The summed E-state index contributed by atoms with van der Waals surface area (Å²) >= 11 is 0. The summed E-state index contributed by atoms with van der Waals surface area (Å²) in [5.74, 6) is -1.36. The molecule has 0 unspecified atom stereocenters. The molecule has 424 valence electrons. The van der Waals surface area contributed by atoms with E-state index in [1.54, 1.807) is 0 Å². The number of carbonyl (C=O) groups excluding carboxylic acids is 1. The standard InChI is InChI=1S/C68H83FN2O8Si/c1-51(2)64-63(62(54-24-14-9-15-25-54)65(55-32-34-56(69)35-33-55)71(64)40-38-58-49-59(79-68(6,7)78-58)39-42-76-50-53-21-12-8-13-22-53)66(72)70-57-36-30-52(31-37-57)23-20-41-73-43-44-74-45-46-75-47-48-77-80(67(3,4)5,60-26-16-10-17-27-60)61-28-18-11-19-29-61/h8-19,21-22,24-37,51,58-59H,20,23,38-50H2,1-7H3,(H,70,72)/t58-,59+/m1/s1.